The Bertz CT molecular complexity index is 664. The lowest BCUT2D eigenvalue weighted by Crippen LogP contribution is -1.80. The number of hydrogen-bond acceptors (Lipinski definition) is 4. The van der Waals surface area contributed by atoms with Crippen LogP contribution < -0.4 is 4.74 Å². The monoisotopic (exact) mass is 257 g/mol. The Hall–Kier alpha value is -1.94. The molecule has 0 unspecified atom stereocenters. The molecule has 0 N–H and O–H groups in total. The summed E-state index contributed by atoms with van der Waals surface area (Å²) in [5, 5.41) is 0.643. The van der Waals surface area contributed by atoms with Crippen LogP contribution in [0.4, 0.5) is 0 Å². The fraction of sp³-hybridized carbons (Fsp3) is 0.0714. The van der Waals surface area contributed by atoms with E-state index in [9.17, 15) is 0 Å². The number of rotatable bonds is 3. The summed E-state index contributed by atoms with van der Waals surface area (Å²) in [5.74, 6) is 0.784. The Kier molecular flexibility index (Phi) is 2.94. The highest BCUT2D eigenvalue weighted by molar-refractivity contribution is 7.99. The van der Waals surface area contributed by atoms with Gasteiger partial charge in [-0.15, -0.1) is 0 Å². The van der Waals surface area contributed by atoms with E-state index in [0.717, 1.165) is 21.7 Å². The number of methoxy groups -OCH3 is 1. The minimum absolute atomic E-state index is 0.643. The average Bonchev–Trinajstić information content (AvgIpc) is 2.80. The molecule has 0 aliphatic heterocycles. The Morgan fingerprint density at radius 2 is 1.94 bits per heavy atom. The molecule has 0 radical (unpaired) electrons. The first-order valence-electron chi connectivity index (χ1n) is 5.52. The van der Waals surface area contributed by atoms with E-state index >= 15 is 0 Å². The zero-order chi connectivity index (χ0) is 12.4. The van der Waals surface area contributed by atoms with E-state index < -0.39 is 0 Å². The van der Waals surface area contributed by atoms with Gasteiger partial charge < -0.3 is 9.15 Å². The first-order valence-corrected chi connectivity index (χ1v) is 6.34. The first kappa shape index (κ1) is 11.2. The maximum atomic E-state index is 5.67. The summed E-state index contributed by atoms with van der Waals surface area (Å²) < 4.78 is 10.8. The number of benzene rings is 2. The summed E-state index contributed by atoms with van der Waals surface area (Å²) in [5.41, 5.74) is 1.59. The molecule has 0 saturated carbocycles. The molecule has 4 heteroatoms. The summed E-state index contributed by atoms with van der Waals surface area (Å²) in [4.78, 5) is 5.54. The summed E-state index contributed by atoms with van der Waals surface area (Å²) in [6.45, 7) is 0. The van der Waals surface area contributed by atoms with Crippen LogP contribution in [0, 0.1) is 0 Å². The molecule has 0 fully saturated rings. The fourth-order valence-electron chi connectivity index (χ4n) is 1.65. The lowest BCUT2D eigenvalue weighted by Gasteiger charge is -1.95. The van der Waals surface area contributed by atoms with Gasteiger partial charge >= 0.3 is 0 Å². The number of fused-ring (bicyclic) bond motifs is 1. The van der Waals surface area contributed by atoms with Crippen molar-refractivity contribution in [1.29, 1.82) is 0 Å². The van der Waals surface area contributed by atoms with Crippen LogP contribution in [-0.2, 0) is 0 Å². The molecule has 0 amide bonds. The summed E-state index contributed by atoms with van der Waals surface area (Å²) >= 11 is 1.51. The van der Waals surface area contributed by atoms with Crippen molar-refractivity contribution in [2.24, 2.45) is 0 Å². The molecule has 0 aliphatic carbocycles. The largest absolute Gasteiger partial charge is 0.497 e. The average molecular weight is 257 g/mol. The summed E-state index contributed by atoms with van der Waals surface area (Å²) in [6, 6.07) is 15.6. The van der Waals surface area contributed by atoms with E-state index in [1.54, 1.807) is 7.11 Å². The second-order valence-corrected chi connectivity index (χ2v) is 4.75. The molecule has 3 rings (SSSR count). The van der Waals surface area contributed by atoms with Crippen molar-refractivity contribution >= 4 is 22.9 Å². The van der Waals surface area contributed by atoms with Crippen molar-refractivity contribution in [2.75, 3.05) is 7.11 Å². The predicted molar refractivity (Wildman–Crippen MR) is 71.1 cm³/mol. The number of hydrogen-bond donors (Lipinski definition) is 0. The van der Waals surface area contributed by atoms with Gasteiger partial charge in [0.25, 0.3) is 5.22 Å². The molecule has 0 atom stereocenters. The highest BCUT2D eigenvalue weighted by Gasteiger charge is 2.08. The number of nitrogens with zero attached hydrogens (tertiary/aromatic N) is 1. The molecular weight excluding hydrogens is 246 g/mol. The Morgan fingerprint density at radius 3 is 2.72 bits per heavy atom. The second-order valence-electron chi connectivity index (χ2n) is 3.73. The lowest BCUT2D eigenvalue weighted by molar-refractivity contribution is 0.415. The van der Waals surface area contributed by atoms with Crippen LogP contribution >= 0.6 is 11.8 Å². The molecule has 0 spiro atoms. The van der Waals surface area contributed by atoms with Crippen molar-refractivity contribution in [3.63, 3.8) is 0 Å². The highest BCUT2D eigenvalue weighted by atomic mass is 32.2. The molecule has 0 bridgehead atoms. The van der Waals surface area contributed by atoms with Crippen molar-refractivity contribution in [3.05, 3.63) is 48.5 Å². The lowest BCUT2D eigenvalue weighted by atomic mass is 10.3. The summed E-state index contributed by atoms with van der Waals surface area (Å²) in [7, 11) is 1.64. The quantitative estimate of drug-likeness (QED) is 0.710. The van der Waals surface area contributed by atoms with Crippen molar-refractivity contribution < 1.29 is 9.15 Å². The summed E-state index contributed by atoms with van der Waals surface area (Å²) in [6.07, 6.45) is 0. The minimum atomic E-state index is 0.643. The van der Waals surface area contributed by atoms with Crippen LogP contribution in [0.5, 0.6) is 5.75 Å². The molecule has 2 aromatic carbocycles. The standard InChI is InChI=1S/C14H11NO2S/c1-16-10-7-8-13-12(9-10)15-14(17-13)18-11-5-3-2-4-6-11/h2-9H,1H3. The van der Waals surface area contributed by atoms with E-state index in [4.69, 9.17) is 9.15 Å². The van der Waals surface area contributed by atoms with Crippen molar-refractivity contribution in [2.45, 2.75) is 10.1 Å². The van der Waals surface area contributed by atoms with Gasteiger partial charge in [-0.25, -0.2) is 4.98 Å². The van der Waals surface area contributed by atoms with E-state index in [0.29, 0.717) is 5.22 Å². The third kappa shape index (κ3) is 2.19. The minimum Gasteiger partial charge on any atom is -0.497 e. The molecular formula is C14H11NO2S. The van der Waals surface area contributed by atoms with Crippen LogP contribution in [0.1, 0.15) is 0 Å². The van der Waals surface area contributed by atoms with Crippen LogP contribution in [-0.4, -0.2) is 12.1 Å². The topological polar surface area (TPSA) is 35.3 Å². The van der Waals surface area contributed by atoms with Gasteiger partial charge in [-0.3, -0.25) is 0 Å². The van der Waals surface area contributed by atoms with Gasteiger partial charge in [-0.2, -0.15) is 0 Å². The van der Waals surface area contributed by atoms with E-state index in [1.807, 2.05) is 48.5 Å². The van der Waals surface area contributed by atoms with Crippen LogP contribution in [0.2, 0.25) is 0 Å². The van der Waals surface area contributed by atoms with E-state index in [2.05, 4.69) is 4.98 Å². The van der Waals surface area contributed by atoms with Gasteiger partial charge in [0.05, 0.1) is 7.11 Å². The fourth-order valence-corrected chi connectivity index (χ4v) is 2.42. The molecule has 18 heavy (non-hydrogen) atoms. The van der Waals surface area contributed by atoms with Gasteiger partial charge in [-0.1, -0.05) is 18.2 Å². The Balaban J connectivity index is 1.94. The zero-order valence-electron chi connectivity index (χ0n) is 9.79. The normalized spacial score (nSPS) is 10.7. The molecule has 0 saturated heterocycles. The number of ether oxygens (including phenoxy) is 1. The number of aromatic nitrogens is 1. The van der Waals surface area contributed by atoms with Crippen molar-refractivity contribution in [3.8, 4) is 5.75 Å². The molecule has 3 nitrogen and oxygen atoms in total. The third-order valence-electron chi connectivity index (χ3n) is 2.52. The SMILES string of the molecule is COc1ccc2oc(Sc3ccccc3)nc2c1. The molecule has 1 heterocycles. The number of oxazole rings is 1. The van der Waals surface area contributed by atoms with Crippen LogP contribution in [0.3, 0.4) is 0 Å². The Labute approximate surface area is 109 Å². The van der Waals surface area contributed by atoms with Gasteiger partial charge in [0.1, 0.15) is 11.3 Å². The van der Waals surface area contributed by atoms with Crippen molar-refractivity contribution in [1.82, 2.24) is 4.98 Å². The van der Waals surface area contributed by atoms with Crippen LogP contribution in [0.25, 0.3) is 11.1 Å². The first-order chi connectivity index (χ1) is 8.85. The smallest absolute Gasteiger partial charge is 0.261 e. The predicted octanol–water partition coefficient (Wildman–Crippen LogP) is 3.99. The molecule has 1 aromatic heterocycles. The molecule has 90 valence electrons. The van der Waals surface area contributed by atoms with Gasteiger partial charge in [0, 0.05) is 11.0 Å². The maximum Gasteiger partial charge on any atom is 0.261 e. The third-order valence-corrected chi connectivity index (χ3v) is 3.38. The van der Waals surface area contributed by atoms with Gasteiger partial charge in [0.2, 0.25) is 0 Å². The highest BCUT2D eigenvalue weighted by Crippen LogP contribution is 2.30. The van der Waals surface area contributed by atoms with E-state index in [-0.39, 0.29) is 0 Å². The Morgan fingerprint density at radius 1 is 1.11 bits per heavy atom. The molecule has 0 aliphatic rings. The zero-order valence-corrected chi connectivity index (χ0v) is 10.6. The second kappa shape index (κ2) is 4.74. The maximum absolute atomic E-state index is 5.67. The van der Waals surface area contributed by atoms with Gasteiger partial charge in [0.15, 0.2) is 5.58 Å². The van der Waals surface area contributed by atoms with E-state index in [1.165, 1.54) is 11.8 Å². The van der Waals surface area contributed by atoms with Gasteiger partial charge in [-0.05, 0) is 36.0 Å². The van der Waals surface area contributed by atoms with Crippen LogP contribution in [0.15, 0.2) is 63.1 Å². The molecule has 3 aromatic rings.